The number of aliphatic hydroxyl groups is 1. The molecule has 4 nitrogen and oxygen atoms in total. The van der Waals surface area contributed by atoms with Gasteiger partial charge in [0.15, 0.2) is 6.61 Å². The van der Waals surface area contributed by atoms with Crippen molar-refractivity contribution in [2.45, 2.75) is 12.5 Å². The van der Waals surface area contributed by atoms with E-state index in [4.69, 9.17) is 5.11 Å². The zero-order chi connectivity index (χ0) is 7.07. The predicted octanol–water partition coefficient (Wildman–Crippen LogP) is -1.14. The fourth-order valence-corrected chi connectivity index (χ4v) is 0.526. The van der Waals surface area contributed by atoms with Crippen molar-refractivity contribution in [2.75, 3.05) is 6.61 Å². The summed E-state index contributed by atoms with van der Waals surface area (Å²) in [5.41, 5.74) is -1.89. The lowest BCUT2D eigenvalue weighted by molar-refractivity contribution is -0.153. The van der Waals surface area contributed by atoms with Gasteiger partial charge in [-0.25, -0.2) is 4.79 Å². The lowest BCUT2D eigenvalue weighted by atomic mass is 10.1. The molecule has 1 heterocycles. The van der Waals surface area contributed by atoms with Gasteiger partial charge in [-0.2, -0.15) is 0 Å². The molecule has 1 rings (SSSR count). The lowest BCUT2D eigenvalue weighted by Crippen LogP contribution is -2.37. The summed E-state index contributed by atoms with van der Waals surface area (Å²) in [4.78, 5) is 20.9. The summed E-state index contributed by atoms with van der Waals surface area (Å²) in [7, 11) is 0. The van der Waals surface area contributed by atoms with Crippen LogP contribution in [0.15, 0.2) is 0 Å². The van der Waals surface area contributed by atoms with Gasteiger partial charge in [0, 0.05) is 0 Å². The summed E-state index contributed by atoms with van der Waals surface area (Å²) in [5.74, 6) is -1.43. The summed E-state index contributed by atoms with van der Waals surface area (Å²) in [6, 6.07) is 0. The van der Waals surface area contributed by atoms with Crippen molar-refractivity contribution in [1.29, 1.82) is 0 Å². The number of carbonyl (C=O) groups excluding carboxylic acids is 2. The van der Waals surface area contributed by atoms with Crippen LogP contribution in [0.5, 0.6) is 0 Å². The molecule has 1 saturated heterocycles. The van der Waals surface area contributed by atoms with E-state index < -0.39 is 17.4 Å². The maximum Gasteiger partial charge on any atom is 0.346 e. The number of esters is 1. The van der Waals surface area contributed by atoms with E-state index in [2.05, 4.69) is 4.74 Å². The molecule has 1 N–H and O–H groups in total. The van der Waals surface area contributed by atoms with Crippen LogP contribution in [0.2, 0.25) is 0 Å². The van der Waals surface area contributed by atoms with Crippen molar-refractivity contribution in [3.8, 4) is 0 Å². The number of carbonyl (C=O) groups is 2. The third kappa shape index (κ3) is 0.712. The fraction of sp³-hybridized carbons (Fsp3) is 0.600. The Morgan fingerprint density at radius 3 is 2.33 bits per heavy atom. The van der Waals surface area contributed by atoms with E-state index in [1.165, 1.54) is 0 Å². The minimum atomic E-state index is -1.89. The first-order chi connectivity index (χ1) is 4.05. The molecule has 0 aromatic rings. The van der Waals surface area contributed by atoms with E-state index in [-0.39, 0.29) is 6.61 Å². The third-order valence-corrected chi connectivity index (χ3v) is 1.27. The van der Waals surface area contributed by atoms with Gasteiger partial charge in [0.25, 0.3) is 0 Å². The molecule has 0 bridgehead atoms. The second-order valence-corrected chi connectivity index (χ2v) is 2.07. The second-order valence-electron chi connectivity index (χ2n) is 2.07. The molecule has 0 aliphatic carbocycles. The Morgan fingerprint density at radius 2 is 2.22 bits per heavy atom. The molecule has 0 aromatic carbocycles. The van der Waals surface area contributed by atoms with Crippen molar-refractivity contribution >= 4 is 11.8 Å². The smallest absolute Gasteiger partial charge is 0.346 e. The van der Waals surface area contributed by atoms with Crippen molar-refractivity contribution < 1.29 is 19.4 Å². The highest BCUT2D eigenvalue weighted by atomic mass is 16.6. The van der Waals surface area contributed by atoms with Crippen LogP contribution in [0.25, 0.3) is 0 Å². The van der Waals surface area contributed by atoms with Crippen LogP contribution in [-0.2, 0) is 14.3 Å². The number of ketones is 1. The van der Waals surface area contributed by atoms with Gasteiger partial charge in [-0.3, -0.25) is 4.79 Å². The maximum atomic E-state index is 10.5. The molecule has 9 heavy (non-hydrogen) atoms. The fourth-order valence-electron chi connectivity index (χ4n) is 0.526. The molecule has 1 fully saturated rings. The standard InChI is InChI=1S/C5H6O4/c1-5(8)3(6)2-9-4(5)7/h8H,2H2,1H3. The molecule has 50 valence electrons. The molecule has 0 aromatic heterocycles. The molecular weight excluding hydrogens is 124 g/mol. The van der Waals surface area contributed by atoms with Crippen molar-refractivity contribution in [3.05, 3.63) is 0 Å². The van der Waals surface area contributed by atoms with Gasteiger partial charge in [-0.05, 0) is 6.92 Å². The van der Waals surface area contributed by atoms with Crippen molar-refractivity contribution in [1.82, 2.24) is 0 Å². The minimum Gasteiger partial charge on any atom is -0.455 e. The van der Waals surface area contributed by atoms with E-state index >= 15 is 0 Å². The highest BCUT2D eigenvalue weighted by Gasteiger charge is 2.46. The summed E-state index contributed by atoms with van der Waals surface area (Å²) in [6.07, 6.45) is 0. The molecule has 0 amide bonds. The van der Waals surface area contributed by atoms with E-state index in [9.17, 15) is 9.59 Å². The zero-order valence-corrected chi connectivity index (χ0v) is 4.88. The van der Waals surface area contributed by atoms with Gasteiger partial charge in [0.05, 0.1) is 0 Å². The molecule has 0 saturated carbocycles. The molecule has 1 atom stereocenters. The number of Topliss-reactive ketones (excluding diaryl/α,β-unsaturated/α-hetero) is 1. The third-order valence-electron chi connectivity index (χ3n) is 1.27. The Labute approximate surface area is 51.4 Å². The Bertz CT molecular complexity index is 152. The normalized spacial score (nSPS) is 34.9. The molecule has 1 aliphatic heterocycles. The maximum absolute atomic E-state index is 10.5. The van der Waals surface area contributed by atoms with Crippen molar-refractivity contribution in [3.63, 3.8) is 0 Å². The summed E-state index contributed by atoms with van der Waals surface area (Å²) < 4.78 is 4.24. The Kier molecular flexibility index (Phi) is 1.06. The van der Waals surface area contributed by atoms with E-state index in [0.717, 1.165) is 6.92 Å². The SMILES string of the molecule is CC1(O)C(=O)COC1=O. The molecule has 1 aliphatic rings. The largest absolute Gasteiger partial charge is 0.455 e. The summed E-state index contributed by atoms with van der Waals surface area (Å²) in [5, 5.41) is 8.91. The molecule has 0 radical (unpaired) electrons. The van der Waals surface area contributed by atoms with Crippen molar-refractivity contribution in [2.24, 2.45) is 0 Å². The Balaban J connectivity index is 2.91. The molecule has 0 spiro atoms. The monoisotopic (exact) mass is 130 g/mol. The van der Waals surface area contributed by atoms with Gasteiger partial charge in [0.1, 0.15) is 0 Å². The Morgan fingerprint density at radius 1 is 1.67 bits per heavy atom. The summed E-state index contributed by atoms with van der Waals surface area (Å²) >= 11 is 0. The van der Waals surface area contributed by atoms with Crippen LogP contribution in [0.1, 0.15) is 6.92 Å². The number of hydrogen-bond donors (Lipinski definition) is 1. The first kappa shape index (κ1) is 6.22. The van der Waals surface area contributed by atoms with Crippen LogP contribution >= 0.6 is 0 Å². The number of ether oxygens (including phenoxy) is 1. The highest BCUT2D eigenvalue weighted by Crippen LogP contribution is 2.14. The predicted molar refractivity (Wildman–Crippen MR) is 26.6 cm³/mol. The molecule has 1 unspecified atom stereocenters. The van der Waals surface area contributed by atoms with E-state index in [1.807, 2.05) is 0 Å². The summed E-state index contributed by atoms with van der Waals surface area (Å²) in [6.45, 7) is 0.830. The van der Waals surface area contributed by atoms with E-state index in [0.29, 0.717) is 0 Å². The molecule has 4 heteroatoms. The number of hydrogen-bond acceptors (Lipinski definition) is 4. The second kappa shape index (κ2) is 1.54. The Hall–Kier alpha value is -0.900. The van der Waals surface area contributed by atoms with Crippen LogP contribution < -0.4 is 0 Å². The average molecular weight is 130 g/mol. The highest BCUT2D eigenvalue weighted by molar-refractivity contribution is 6.11. The first-order valence-corrected chi connectivity index (χ1v) is 2.48. The zero-order valence-electron chi connectivity index (χ0n) is 4.88. The quantitative estimate of drug-likeness (QED) is 0.332. The van der Waals surface area contributed by atoms with Gasteiger partial charge in [-0.15, -0.1) is 0 Å². The van der Waals surface area contributed by atoms with Crippen LogP contribution in [-0.4, -0.2) is 29.1 Å². The van der Waals surface area contributed by atoms with Crippen LogP contribution in [0.4, 0.5) is 0 Å². The van der Waals surface area contributed by atoms with E-state index in [1.54, 1.807) is 0 Å². The number of cyclic esters (lactones) is 1. The lowest BCUT2D eigenvalue weighted by Gasteiger charge is -2.05. The topological polar surface area (TPSA) is 63.6 Å². The van der Waals surface area contributed by atoms with Gasteiger partial charge >= 0.3 is 5.97 Å². The van der Waals surface area contributed by atoms with Crippen LogP contribution in [0, 0.1) is 0 Å². The van der Waals surface area contributed by atoms with Gasteiger partial charge in [-0.1, -0.05) is 0 Å². The number of rotatable bonds is 0. The average Bonchev–Trinajstić information content (AvgIpc) is 1.96. The van der Waals surface area contributed by atoms with Crippen LogP contribution in [0.3, 0.4) is 0 Å². The van der Waals surface area contributed by atoms with Gasteiger partial charge < -0.3 is 9.84 Å². The first-order valence-electron chi connectivity index (χ1n) is 2.48. The molecular formula is C5H6O4. The minimum absolute atomic E-state index is 0.300. The van der Waals surface area contributed by atoms with Gasteiger partial charge in [0.2, 0.25) is 11.4 Å².